The van der Waals surface area contributed by atoms with E-state index in [4.69, 9.17) is 14.2 Å². The molecule has 1 aliphatic rings. The minimum atomic E-state index is -0.454. The monoisotopic (exact) mass is 314 g/mol. The summed E-state index contributed by atoms with van der Waals surface area (Å²) in [5, 5.41) is 0. The number of hydrogen-bond donors (Lipinski definition) is 0. The topological polar surface area (TPSA) is 27.7 Å². The smallest absolute Gasteiger partial charge is 0.162 e. The highest BCUT2D eigenvalue weighted by Crippen LogP contribution is 2.24. The Balaban J connectivity index is 1.85. The molecule has 1 aliphatic heterocycles. The standard InChI is InChI=1S/C14H19BrO3/c1-10-6-12(15)4-5-13(10)16-7-11-8-17-14(2,3)18-9-11/h4-6,11H,7-9H2,1-3H3. The maximum absolute atomic E-state index is 5.82. The van der Waals surface area contributed by atoms with E-state index in [9.17, 15) is 0 Å². The summed E-state index contributed by atoms with van der Waals surface area (Å²) in [5.74, 6) is 0.758. The maximum Gasteiger partial charge on any atom is 0.162 e. The van der Waals surface area contributed by atoms with Gasteiger partial charge in [-0.25, -0.2) is 0 Å². The predicted octanol–water partition coefficient (Wildman–Crippen LogP) is 3.54. The fourth-order valence-electron chi connectivity index (χ4n) is 1.81. The highest BCUT2D eigenvalue weighted by Gasteiger charge is 2.28. The number of ether oxygens (including phenoxy) is 3. The summed E-state index contributed by atoms with van der Waals surface area (Å²) in [6.07, 6.45) is 0. The average molecular weight is 315 g/mol. The van der Waals surface area contributed by atoms with E-state index in [1.165, 1.54) is 0 Å². The summed E-state index contributed by atoms with van der Waals surface area (Å²) in [7, 11) is 0. The van der Waals surface area contributed by atoms with Gasteiger partial charge in [0, 0.05) is 10.4 Å². The van der Waals surface area contributed by atoms with Gasteiger partial charge in [0.2, 0.25) is 0 Å². The Morgan fingerprint density at radius 1 is 1.33 bits per heavy atom. The van der Waals surface area contributed by atoms with Gasteiger partial charge in [0.1, 0.15) is 5.75 Å². The van der Waals surface area contributed by atoms with E-state index in [0.717, 1.165) is 15.8 Å². The summed E-state index contributed by atoms with van der Waals surface area (Å²) in [4.78, 5) is 0. The van der Waals surface area contributed by atoms with E-state index < -0.39 is 5.79 Å². The lowest BCUT2D eigenvalue weighted by Gasteiger charge is -2.34. The molecule has 18 heavy (non-hydrogen) atoms. The number of aryl methyl sites for hydroxylation is 1. The van der Waals surface area contributed by atoms with Crippen molar-refractivity contribution in [3.63, 3.8) is 0 Å². The Hall–Kier alpha value is -0.580. The number of halogens is 1. The van der Waals surface area contributed by atoms with Gasteiger partial charge in [-0.2, -0.15) is 0 Å². The second-order valence-corrected chi connectivity index (χ2v) is 6.02. The molecule has 2 rings (SSSR count). The fourth-order valence-corrected chi connectivity index (χ4v) is 2.28. The molecule has 3 nitrogen and oxygen atoms in total. The van der Waals surface area contributed by atoms with Crippen LogP contribution in [0.1, 0.15) is 19.4 Å². The first-order valence-corrected chi connectivity index (χ1v) is 6.92. The van der Waals surface area contributed by atoms with Crippen LogP contribution in [0.25, 0.3) is 0 Å². The highest BCUT2D eigenvalue weighted by molar-refractivity contribution is 9.10. The number of benzene rings is 1. The summed E-state index contributed by atoms with van der Waals surface area (Å²) in [5.41, 5.74) is 1.13. The van der Waals surface area contributed by atoms with E-state index in [2.05, 4.69) is 15.9 Å². The zero-order valence-corrected chi connectivity index (χ0v) is 12.6. The van der Waals surface area contributed by atoms with Crippen molar-refractivity contribution in [2.24, 2.45) is 5.92 Å². The van der Waals surface area contributed by atoms with Crippen molar-refractivity contribution >= 4 is 15.9 Å². The van der Waals surface area contributed by atoms with Gasteiger partial charge < -0.3 is 14.2 Å². The molecular formula is C14H19BrO3. The van der Waals surface area contributed by atoms with Crippen LogP contribution in [0.4, 0.5) is 0 Å². The molecule has 0 atom stereocenters. The minimum Gasteiger partial charge on any atom is -0.493 e. The van der Waals surface area contributed by atoms with Crippen LogP contribution >= 0.6 is 15.9 Å². The van der Waals surface area contributed by atoms with E-state index in [-0.39, 0.29) is 0 Å². The lowest BCUT2D eigenvalue weighted by Crippen LogP contribution is -2.41. The van der Waals surface area contributed by atoms with Gasteiger partial charge in [0.25, 0.3) is 0 Å². The van der Waals surface area contributed by atoms with Crippen molar-refractivity contribution in [2.45, 2.75) is 26.6 Å². The Morgan fingerprint density at radius 2 is 2.00 bits per heavy atom. The molecule has 0 aromatic heterocycles. The van der Waals surface area contributed by atoms with Crippen LogP contribution in [-0.4, -0.2) is 25.6 Å². The molecule has 0 aliphatic carbocycles. The van der Waals surface area contributed by atoms with Crippen LogP contribution in [0, 0.1) is 12.8 Å². The van der Waals surface area contributed by atoms with Gasteiger partial charge in [-0.05, 0) is 44.5 Å². The zero-order chi connectivity index (χ0) is 13.2. The second kappa shape index (κ2) is 5.59. The molecule has 0 spiro atoms. The van der Waals surface area contributed by atoms with Gasteiger partial charge in [0.05, 0.1) is 19.8 Å². The Morgan fingerprint density at radius 3 is 2.61 bits per heavy atom. The fraction of sp³-hybridized carbons (Fsp3) is 0.571. The molecule has 0 saturated carbocycles. The van der Waals surface area contributed by atoms with E-state index in [0.29, 0.717) is 25.7 Å². The summed E-state index contributed by atoms with van der Waals surface area (Å²) in [6, 6.07) is 6.01. The maximum atomic E-state index is 5.82. The molecule has 0 amide bonds. The molecular weight excluding hydrogens is 296 g/mol. The molecule has 1 saturated heterocycles. The quantitative estimate of drug-likeness (QED) is 0.854. The zero-order valence-electron chi connectivity index (χ0n) is 11.0. The largest absolute Gasteiger partial charge is 0.493 e. The Labute approximate surface area is 117 Å². The predicted molar refractivity (Wildman–Crippen MR) is 73.8 cm³/mol. The van der Waals surface area contributed by atoms with Gasteiger partial charge in [0.15, 0.2) is 5.79 Å². The van der Waals surface area contributed by atoms with Gasteiger partial charge in [-0.3, -0.25) is 0 Å². The SMILES string of the molecule is Cc1cc(Br)ccc1OCC1COC(C)(C)OC1. The molecule has 0 bridgehead atoms. The molecule has 4 heteroatoms. The molecule has 100 valence electrons. The van der Waals surface area contributed by atoms with E-state index >= 15 is 0 Å². The third-order valence-electron chi connectivity index (χ3n) is 2.94. The van der Waals surface area contributed by atoms with Crippen molar-refractivity contribution in [3.8, 4) is 5.75 Å². The molecule has 1 heterocycles. The average Bonchev–Trinajstić information content (AvgIpc) is 2.29. The van der Waals surface area contributed by atoms with Crippen LogP contribution in [0.2, 0.25) is 0 Å². The molecule has 1 fully saturated rings. The normalized spacial score (nSPS) is 19.8. The summed E-state index contributed by atoms with van der Waals surface area (Å²) in [6.45, 7) is 7.90. The van der Waals surface area contributed by atoms with Crippen LogP contribution in [-0.2, 0) is 9.47 Å². The van der Waals surface area contributed by atoms with Crippen molar-refractivity contribution in [3.05, 3.63) is 28.2 Å². The third kappa shape index (κ3) is 3.70. The first kappa shape index (κ1) is 13.8. The highest BCUT2D eigenvalue weighted by atomic mass is 79.9. The van der Waals surface area contributed by atoms with Crippen molar-refractivity contribution in [1.82, 2.24) is 0 Å². The molecule has 1 aromatic rings. The lowest BCUT2D eigenvalue weighted by molar-refractivity contribution is -0.264. The van der Waals surface area contributed by atoms with Crippen LogP contribution in [0.3, 0.4) is 0 Å². The molecule has 0 N–H and O–H groups in total. The first-order chi connectivity index (χ1) is 8.46. The van der Waals surface area contributed by atoms with Crippen molar-refractivity contribution < 1.29 is 14.2 Å². The molecule has 0 unspecified atom stereocenters. The third-order valence-corrected chi connectivity index (χ3v) is 3.44. The van der Waals surface area contributed by atoms with Crippen LogP contribution < -0.4 is 4.74 Å². The van der Waals surface area contributed by atoms with Gasteiger partial charge >= 0.3 is 0 Å². The van der Waals surface area contributed by atoms with Crippen LogP contribution in [0.5, 0.6) is 5.75 Å². The van der Waals surface area contributed by atoms with E-state index in [1.54, 1.807) is 0 Å². The number of rotatable bonds is 3. The van der Waals surface area contributed by atoms with Gasteiger partial charge in [-0.15, -0.1) is 0 Å². The molecule has 1 aromatic carbocycles. The van der Waals surface area contributed by atoms with Gasteiger partial charge in [-0.1, -0.05) is 15.9 Å². The Bertz CT molecular complexity index is 408. The van der Waals surface area contributed by atoms with Crippen molar-refractivity contribution in [2.75, 3.05) is 19.8 Å². The van der Waals surface area contributed by atoms with E-state index in [1.807, 2.05) is 39.0 Å². The van der Waals surface area contributed by atoms with Crippen LogP contribution in [0.15, 0.2) is 22.7 Å². The first-order valence-electron chi connectivity index (χ1n) is 6.13. The van der Waals surface area contributed by atoms with Crippen molar-refractivity contribution in [1.29, 1.82) is 0 Å². The second-order valence-electron chi connectivity index (χ2n) is 5.11. The lowest BCUT2D eigenvalue weighted by atomic mass is 10.1. The Kier molecular flexibility index (Phi) is 4.30. The summed E-state index contributed by atoms with van der Waals surface area (Å²) < 4.78 is 18.1. The minimum absolute atomic E-state index is 0.293. The summed E-state index contributed by atoms with van der Waals surface area (Å²) >= 11 is 3.44. The molecule has 0 radical (unpaired) electrons. The number of hydrogen-bond acceptors (Lipinski definition) is 3.